The Balaban J connectivity index is 2.16. The number of hydrogen-bond donors (Lipinski definition) is 1. The Hall–Kier alpha value is -1.42. The van der Waals surface area contributed by atoms with Crippen molar-refractivity contribution in [2.45, 2.75) is 13.3 Å². The first kappa shape index (κ1) is 12.0. The highest BCUT2D eigenvalue weighted by atomic mass is 16.5. The highest BCUT2D eigenvalue weighted by Crippen LogP contribution is 2.28. The molecule has 1 saturated heterocycles. The van der Waals surface area contributed by atoms with Crippen LogP contribution in [-0.4, -0.2) is 32.9 Å². The van der Waals surface area contributed by atoms with Crippen molar-refractivity contribution in [1.82, 2.24) is 0 Å². The largest absolute Gasteiger partial charge is 0.492 e. The average Bonchev–Trinajstić information content (AvgIpc) is 2.61. The van der Waals surface area contributed by atoms with Crippen LogP contribution >= 0.6 is 0 Å². The Morgan fingerprint density at radius 3 is 3.06 bits per heavy atom. The molecule has 1 heterocycles. The number of nitrogens with two attached hydrogens (primary N) is 1. The third kappa shape index (κ3) is 3.03. The Labute approximate surface area is 102 Å². The van der Waals surface area contributed by atoms with Crippen LogP contribution in [0.2, 0.25) is 0 Å². The maximum Gasteiger partial charge on any atom is 0.144 e. The first-order valence-electron chi connectivity index (χ1n) is 6.16. The number of nitrogens with zero attached hydrogens (tertiary/aromatic N) is 1. The molecule has 94 valence electrons. The van der Waals surface area contributed by atoms with Gasteiger partial charge in [0.25, 0.3) is 0 Å². The third-order valence-corrected chi connectivity index (χ3v) is 2.88. The molecular formula is C13H20N2O2. The van der Waals surface area contributed by atoms with Gasteiger partial charge in [0.2, 0.25) is 0 Å². The Kier molecular flexibility index (Phi) is 4.09. The van der Waals surface area contributed by atoms with Crippen LogP contribution in [0.1, 0.15) is 13.3 Å². The molecule has 0 aromatic heterocycles. The molecule has 1 aliphatic rings. The van der Waals surface area contributed by atoms with E-state index in [0.717, 1.165) is 44.2 Å². The van der Waals surface area contributed by atoms with Gasteiger partial charge in [-0.15, -0.1) is 0 Å². The number of anilines is 2. The van der Waals surface area contributed by atoms with E-state index in [1.54, 1.807) is 0 Å². The molecule has 2 rings (SSSR count). The van der Waals surface area contributed by atoms with Gasteiger partial charge in [0.05, 0.1) is 18.9 Å². The normalized spacial score (nSPS) is 16.6. The van der Waals surface area contributed by atoms with E-state index in [9.17, 15) is 0 Å². The second-order valence-electron chi connectivity index (χ2n) is 4.11. The van der Waals surface area contributed by atoms with Gasteiger partial charge in [-0.05, 0) is 25.5 Å². The lowest BCUT2D eigenvalue weighted by atomic mass is 10.2. The van der Waals surface area contributed by atoms with Gasteiger partial charge in [0.15, 0.2) is 0 Å². The van der Waals surface area contributed by atoms with Crippen molar-refractivity contribution >= 4 is 11.4 Å². The van der Waals surface area contributed by atoms with Crippen LogP contribution in [0.15, 0.2) is 18.2 Å². The third-order valence-electron chi connectivity index (χ3n) is 2.88. The van der Waals surface area contributed by atoms with Gasteiger partial charge < -0.3 is 20.1 Å². The molecule has 0 spiro atoms. The van der Waals surface area contributed by atoms with E-state index < -0.39 is 0 Å². The zero-order valence-electron chi connectivity index (χ0n) is 10.3. The van der Waals surface area contributed by atoms with Crippen LogP contribution in [0.3, 0.4) is 0 Å². The van der Waals surface area contributed by atoms with Gasteiger partial charge in [-0.1, -0.05) is 0 Å². The van der Waals surface area contributed by atoms with Crippen molar-refractivity contribution in [3.8, 4) is 5.75 Å². The summed E-state index contributed by atoms with van der Waals surface area (Å²) in [6, 6.07) is 5.97. The van der Waals surface area contributed by atoms with Crippen molar-refractivity contribution in [1.29, 1.82) is 0 Å². The summed E-state index contributed by atoms with van der Waals surface area (Å²) in [6.07, 6.45) is 1.06. The van der Waals surface area contributed by atoms with Gasteiger partial charge in [-0.25, -0.2) is 0 Å². The van der Waals surface area contributed by atoms with Crippen molar-refractivity contribution < 1.29 is 9.47 Å². The van der Waals surface area contributed by atoms with Crippen molar-refractivity contribution in [2.24, 2.45) is 0 Å². The maximum absolute atomic E-state index is 5.87. The van der Waals surface area contributed by atoms with E-state index in [-0.39, 0.29) is 0 Å². The molecule has 0 unspecified atom stereocenters. The molecule has 0 atom stereocenters. The van der Waals surface area contributed by atoms with Crippen LogP contribution in [0.25, 0.3) is 0 Å². The van der Waals surface area contributed by atoms with Crippen molar-refractivity contribution in [3.05, 3.63) is 18.2 Å². The Bertz CT molecular complexity index is 360. The number of nitrogen functional groups attached to an aromatic ring is 1. The monoisotopic (exact) mass is 236 g/mol. The predicted molar refractivity (Wildman–Crippen MR) is 69.7 cm³/mol. The second-order valence-corrected chi connectivity index (χ2v) is 4.11. The van der Waals surface area contributed by atoms with E-state index in [1.165, 1.54) is 0 Å². The molecule has 0 aliphatic carbocycles. The minimum absolute atomic E-state index is 0.636. The van der Waals surface area contributed by atoms with E-state index >= 15 is 0 Å². The highest BCUT2D eigenvalue weighted by Gasteiger charge is 2.11. The lowest BCUT2D eigenvalue weighted by Crippen LogP contribution is -2.25. The zero-order valence-corrected chi connectivity index (χ0v) is 10.3. The first-order valence-corrected chi connectivity index (χ1v) is 6.16. The zero-order chi connectivity index (χ0) is 12.1. The molecule has 4 heteroatoms. The summed E-state index contributed by atoms with van der Waals surface area (Å²) in [5.41, 5.74) is 7.72. The number of benzene rings is 1. The molecule has 1 fully saturated rings. The lowest BCUT2D eigenvalue weighted by molar-refractivity contribution is 0.152. The van der Waals surface area contributed by atoms with Crippen molar-refractivity contribution in [3.63, 3.8) is 0 Å². The van der Waals surface area contributed by atoms with Gasteiger partial charge in [0.1, 0.15) is 5.75 Å². The number of rotatable bonds is 3. The maximum atomic E-state index is 5.87. The van der Waals surface area contributed by atoms with E-state index in [2.05, 4.69) is 4.90 Å². The minimum Gasteiger partial charge on any atom is -0.492 e. The molecule has 2 N–H and O–H groups in total. The summed E-state index contributed by atoms with van der Waals surface area (Å²) in [5.74, 6) is 0.773. The topological polar surface area (TPSA) is 47.7 Å². The molecule has 0 amide bonds. The van der Waals surface area contributed by atoms with Gasteiger partial charge >= 0.3 is 0 Å². The van der Waals surface area contributed by atoms with Gasteiger partial charge in [0, 0.05) is 31.5 Å². The smallest absolute Gasteiger partial charge is 0.144 e. The molecule has 17 heavy (non-hydrogen) atoms. The molecule has 0 radical (unpaired) electrons. The summed E-state index contributed by atoms with van der Waals surface area (Å²) >= 11 is 0. The van der Waals surface area contributed by atoms with E-state index in [4.69, 9.17) is 15.2 Å². The van der Waals surface area contributed by atoms with Crippen LogP contribution in [0, 0.1) is 0 Å². The summed E-state index contributed by atoms with van der Waals surface area (Å²) < 4.78 is 11.0. The van der Waals surface area contributed by atoms with Crippen LogP contribution in [-0.2, 0) is 4.74 Å². The highest BCUT2D eigenvalue weighted by molar-refractivity contribution is 5.62. The number of hydrogen-bond acceptors (Lipinski definition) is 4. The summed E-state index contributed by atoms with van der Waals surface area (Å²) in [7, 11) is 0. The molecule has 1 aliphatic heterocycles. The van der Waals surface area contributed by atoms with Crippen LogP contribution in [0.5, 0.6) is 5.75 Å². The lowest BCUT2D eigenvalue weighted by Gasteiger charge is -2.23. The van der Waals surface area contributed by atoms with Gasteiger partial charge in [-0.2, -0.15) is 0 Å². The van der Waals surface area contributed by atoms with Crippen LogP contribution < -0.4 is 15.4 Å². The minimum atomic E-state index is 0.636. The SMILES string of the molecule is CCOc1cc(N2CCCOCC2)ccc1N. The fourth-order valence-electron chi connectivity index (χ4n) is 2.00. The summed E-state index contributed by atoms with van der Waals surface area (Å²) in [4.78, 5) is 2.31. The quantitative estimate of drug-likeness (QED) is 0.814. The summed E-state index contributed by atoms with van der Waals surface area (Å²) in [6.45, 7) is 6.19. The molecule has 1 aromatic carbocycles. The standard InChI is InChI=1S/C13H20N2O2/c1-2-17-13-10-11(4-5-12(13)14)15-6-3-8-16-9-7-15/h4-5,10H,2-3,6-9,14H2,1H3. The summed E-state index contributed by atoms with van der Waals surface area (Å²) in [5, 5.41) is 0. The van der Waals surface area contributed by atoms with E-state index in [1.807, 2.05) is 25.1 Å². The first-order chi connectivity index (χ1) is 8.31. The van der Waals surface area contributed by atoms with Gasteiger partial charge in [-0.3, -0.25) is 0 Å². The van der Waals surface area contributed by atoms with Crippen LogP contribution in [0.4, 0.5) is 11.4 Å². The number of ether oxygens (including phenoxy) is 2. The molecule has 1 aromatic rings. The second kappa shape index (κ2) is 5.77. The average molecular weight is 236 g/mol. The molecule has 4 nitrogen and oxygen atoms in total. The molecule has 0 saturated carbocycles. The Morgan fingerprint density at radius 1 is 1.35 bits per heavy atom. The predicted octanol–water partition coefficient (Wildman–Crippen LogP) is 1.89. The Morgan fingerprint density at radius 2 is 2.24 bits per heavy atom. The molecular weight excluding hydrogens is 216 g/mol. The fraction of sp³-hybridized carbons (Fsp3) is 0.538. The van der Waals surface area contributed by atoms with Crippen molar-refractivity contribution in [2.75, 3.05) is 43.5 Å². The fourth-order valence-corrected chi connectivity index (χ4v) is 2.00. The molecule has 0 bridgehead atoms. The van der Waals surface area contributed by atoms with E-state index in [0.29, 0.717) is 12.3 Å².